The van der Waals surface area contributed by atoms with Gasteiger partial charge in [-0.25, -0.2) is 0 Å². The lowest BCUT2D eigenvalue weighted by molar-refractivity contribution is 0.000174. The molecule has 1 saturated heterocycles. The summed E-state index contributed by atoms with van der Waals surface area (Å²) >= 11 is 0. The fourth-order valence-electron chi connectivity index (χ4n) is 5.32. The van der Waals surface area contributed by atoms with E-state index in [-0.39, 0.29) is 18.3 Å². The van der Waals surface area contributed by atoms with Gasteiger partial charge in [0.15, 0.2) is 0 Å². The van der Waals surface area contributed by atoms with Crippen molar-refractivity contribution in [2.24, 2.45) is 23.7 Å². The van der Waals surface area contributed by atoms with E-state index in [4.69, 9.17) is 4.74 Å². The molecule has 84 valence electrons. The minimum atomic E-state index is 0.164. The van der Waals surface area contributed by atoms with Crippen LogP contribution in [-0.2, 0) is 4.74 Å². The largest absolute Gasteiger partial charge is 0.394 e. The lowest BCUT2D eigenvalue weighted by atomic mass is 9.58. The van der Waals surface area contributed by atoms with E-state index in [0.717, 1.165) is 23.7 Å². The van der Waals surface area contributed by atoms with E-state index in [1.54, 1.807) is 0 Å². The molecule has 2 nitrogen and oxygen atoms in total. The first-order chi connectivity index (χ1) is 7.36. The molecule has 0 aromatic heterocycles. The average Bonchev–Trinajstić information content (AvgIpc) is 2.77. The molecule has 1 N–H and O–H groups in total. The Morgan fingerprint density at radius 1 is 1.07 bits per heavy atom. The van der Waals surface area contributed by atoms with Crippen LogP contribution in [0.1, 0.15) is 38.5 Å². The Labute approximate surface area is 91.0 Å². The Kier molecular flexibility index (Phi) is 1.67. The van der Waals surface area contributed by atoms with Crippen LogP contribution < -0.4 is 0 Å². The average molecular weight is 208 g/mol. The SMILES string of the molecule is OCC1OC12[C@@H]1CCC[C@H]2[C@@H]2CC[C@H]1C2. The molecule has 3 aliphatic carbocycles. The fraction of sp³-hybridized carbons (Fsp3) is 1.00. The van der Waals surface area contributed by atoms with Gasteiger partial charge in [0.25, 0.3) is 0 Å². The van der Waals surface area contributed by atoms with Crippen molar-refractivity contribution in [2.75, 3.05) is 6.61 Å². The van der Waals surface area contributed by atoms with Crippen LogP contribution in [0.25, 0.3) is 0 Å². The molecule has 6 atom stereocenters. The number of fused-ring (bicyclic) bond motifs is 4. The monoisotopic (exact) mass is 208 g/mol. The van der Waals surface area contributed by atoms with E-state index in [1.807, 2.05) is 0 Å². The topological polar surface area (TPSA) is 32.8 Å². The molecule has 1 spiro atoms. The summed E-state index contributed by atoms with van der Waals surface area (Å²) in [5, 5.41) is 9.35. The van der Waals surface area contributed by atoms with Crippen LogP contribution in [-0.4, -0.2) is 23.4 Å². The molecule has 0 aromatic rings. The maximum absolute atomic E-state index is 9.35. The van der Waals surface area contributed by atoms with Crippen LogP contribution in [0.5, 0.6) is 0 Å². The van der Waals surface area contributed by atoms with E-state index in [0.29, 0.717) is 0 Å². The summed E-state index contributed by atoms with van der Waals surface area (Å²) < 4.78 is 5.99. The molecule has 2 heteroatoms. The molecule has 4 fully saturated rings. The number of hydrogen-bond acceptors (Lipinski definition) is 2. The first-order valence-electron chi connectivity index (χ1n) is 6.65. The second-order valence-corrected chi connectivity index (χ2v) is 6.12. The van der Waals surface area contributed by atoms with E-state index in [1.165, 1.54) is 38.5 Å². The molecule has 4 bridgehead atoms. The number of aliphatic hydroxyl groups is 1. The number of rotatable bonds is 1. The van der Waals surface area contributed by atoms with Crippen molar-refractivity contribution in [1.82, 2.24) is 0 Å². The van der Waals surface area contributed by atoms with Gasteiger partial charge in [-0.05, 0) is 55.8 Å². The minimum Gasteiger partial charge on any atom is -0.394 e. The zero-order chi connectivity index (χ0) is 10.0. The molecule has 0 radical (unpaired) electrons. The molecule has 1 aliphatic heterocycles. The quantitative estimate of drug-likeness (QED) is 0.668. The van der Waals surface area contributed by atoms with Crippen molar-refractivity contribution >= 4 is 0 Å². The number of aliphatic hydroxyl groups excluding tert-OH is 1. The smallest absolute Gasteiger partial charge is 0.111 e. The van der Waals surface area contributed by atoms with Crippen LogP contribution in [0.3, 0.4) is 0 Å². The zero-order valence-corrected chi connectivity index (χ0v) is 9.19. The van der Waals surface area contributed by atoms with Crippen molar-refractivity contribution < 1.29 is 9.84 Å². The summed E-state index contributed by atoms with van der Waals surface area (Å²) in [6.07, 6.45) is 8.69. The summed E-state index contributed by atoms with van der Waals surface area (Å²) in [4.78, 5) is 0. The summed E-state index contributed by atoms with van der Waals surface area (Å²) in [7, 11) is 0. The van der Waals surface area contributed by atoms with Crippen molar-refractivity contribution in [3.05, 3.63) is 0 Å². The maximum Gasteiger partial charge on any atom is 0.111 e. The second-order valence-electron chi connectivity index (χ2n) is 6.12. The van der Waals surface area contributed by atoms with Gasteiger partial charge in [-0.15, -0.1) is 0 Å². The van der Waals surface area contributed by atoms with Gasteiger partial charge in [0, 0.05) is 0 Å². The molecular formula is C13H20O2. The number of epoxide rings is 1. The van der Waals surface area contributed by atoms with Gasteiger partial charge in [-0.3, -0.25) is 0 Å². The lowest BCUT2D eigenvalue weighted by Gasteiger charge is -2.46. The van der Waals surface area contributed by atoms with Crippen molar-refractivity contribution in [1.29, 1.82) is 0 Å². The molecule has 2 unspecified atom stereocenters. The first-order valence-corrected chi connectivity index (χ1v) is 6.65. The van der Waals surface area contributed by atoms with Gasteiger partial charge < -0.3 is 9.84 Å². The highest BCUT2D eigenvalue weighted by Gasteiger charge is 2.71. The highest BCUT2D eigenvalue weighted by atomic mass is 16.6. The summed E-state index contributed by atoms with van der Waals surface area (Å²) in [6.45, 7) is 0.256. The highest BCUT2D eigenvalue weighted by Crippen LogP contribution is 2.67. The van der Waals surface area contributed by atoms with Crippen LogP contribution in [0.15, 0.2) is 0 Å². The van der Waals surface area contributed by atoms with Crippen LogP contribution in [0.2, 0.25) is 0 Å². The molecule has 3 saturated carbocycles. The Morgan fingerprint density at radius 2 is 1.73 bits per heavy atom. The molecule has 0 aromatic carbocycles. The third kappa shape index (κ3) is 0.938. The molecular weight excluding hydrogens is 188 g/mol. The minimum absolute atomic E-state index is 0.164. The Morgan fingerprint density at radius 3 is 2.27 bits per heavy atom. The van der Waals surface area contributed by atoms with Gasteiger partial charge in [0.05, 0.1) is 6.61 Å². The number of ether oxygens (including phenoxy) is 1. The third-order valence-corrected chi connectivity index (χ3v) is 5.80. The van der Waals surface area contributed by atoms with Gasteiger partial charge >= 0.3 is 0 Å². The maximum atomic E-state index is 9.35. The van der Waals surface area contributed by atoms with Crippen LogP contribution in [0, 0.1) is 23.7 Å². The fourth-order valence-corrected chi connectivity index (χ4v) is 5.32. The van der Waals surface area contributed by atoms with E-state index in [2.05, 4.69) is 0 Å². The molecule has 1 heterocycles. The van der Waals surface area contributed by atoms with Crippen molar-refractivity contribution in [3.63, 3.8) is 0 Å². The van der Waals surface area contributed by atoms with Crippen LogP contribution in [0.4, 0.5) is 0 Å². The van der Waals surface area contributed by atoms with E-state index < -0.39 is 0 Å². The zero-order valence-electron chi connectivity index (χ0n) is 9.19. The number of hydrogen-bond donors (Lipinski definition) is 1. The van der Waals surface area contributed by atoms with E-state index >= 15 is 0 Å². The second kappa shape index (κ2) is 2.78. The Hall–Kier alpha value is -0.0800. The highest BCUT2D eigenvalue weighted by molar-refractivity contribution is 5.19. The summed E-state index contributed by atoms with van der Waals surface area (Å²) in [5.74, 6) is 3.46. The third-order valence-electron chi connectivity index (χ3n) is 5.80. The normalized spacial score (nSPS) is 61.0. The van der Waals surface area contributed by atoms with Gasteiger partial charge in [0.1, 0.15) is 11.7 Å². The molecule has 15 heavy (non-hydrogen) atoms. The van der Waals surface area contributed by atoms with Crippen molar-refractivity contribution in [3.8, 4) is 0 Å². The lowest BCUT2D eigenvalue weighted by Crippen LogP contribution is -2.48. The van der Waals surface area contributed by atoms with Gasteiger partial charge in [-0.2, -0.15) is 0 Å². The Bertz CT molecular complexity index is 270. The summed E-state index contributed by atoms with van der Waals surface area (Å²) in [6, 6.07) is 0. The van der Waals surface area contributed by atoms with Gasteiger partial charge in [-0.1, -0.05) is 6.42 Å². The standard InChI is InChI=1S/C13H20O2/c14-7-12-13(15-12)10-2-1-3-11(13)9-5-4-8(10)6-9/h8-12,14H,1-7H2/t8-,9+,10+,11-,12?,13?. The predicted octanol–water partition coefficient (Wildman–Crippen LogP) is 1.96. The Balaban J connectivity index is 1.74. The van der Waals surface area contributed by atoms with E-state index in [9.17, 15) is 5.11 Å². The molecule has 4 rings (SSSR count). The predicted molar refractivity (Wildman–Crippen MR) is 56.4 cm³/mol. The van der Waals surface area contributed by atoms with Gasteiger partial charge in [0.2, 0.25) is 0 Å². The first kappa shape index (κ1) is 9.00. The summed E-state index contributed by atoms with van der Waals surface area (Å²) in [5.41, 5.74) is 0.164. The molecule has 4 aliphatic rings. The molecule has 0 amide bonds. The van der Waals surface area contributed by atoms with Crippen LogP contribution >= 0.6 is 0 Å². The van der Waals surface area contributed by atoms with Crippen molar-refractivity contribution in [2.45, 2.75) is 50.2 Å².